The fraction of sp³-hybridized carbons (Fsp3) is 0.386. The summed E-state index contributed by atoms with van der Waals surface area (Å²) in [5.74, 6) is -5.64. The monoisotopic (exact) mass is 1170 g/mol. The highest BCUT2D eigenvalue weighted by atomic mass is 32.2. The lowest BCUT2D eigenvalue weighted by Crippen LogP contribution is -2.43. The van der Waals surface area contributed by atoms with Crippen LogP contribution in [0.4, 0.5) is 43.3 Å². The summed E-state index contributed by atoms with van der Waals surface area (Å²) in [5.41, 5.74) is 2.70. The number of carboxylic acids is 2. The van der Waals surface area contributed by atoms with Crippen LogP contribution in [0.15, 0.2) is 83.0 Å². The smallest absolute Gasteiger partial charge is 0.480 e. The van der Waals surface area contributed by atoms with Crippen molar-refractivity contribution in [2.24, 2.45) is 27.6 Å². The second-order valence-electron chi connectivity index (χ2n) is 22.4. The van der Waals surface area contributed by atoms with E-state index in [0.717, 1.165) is 29.6 Å². The number of ether oxygens (including phenoxy) is 4. The molecule has 5 N–H and O–H groups in total. The molecule has 432 valence electrons. The number of hydrogen-bond donors (Lipinski definition) is 4. The number of amidine groups is 2. The van der Waals surface area contributed by atoms with Gasteiger partial charge in [-0.25, -0.2) is 41.6 Å². The van der Waals surface area contributed by atoms with Crippen LogP contribution in [-0.4, -0.2) is 87.2 Å². The zero-order valence-corrected chi connectivity index (χ0v) is 47.9. The number of aliphatic carboxylic acids is 2. The van der Waals surface area contributed by atoms with Crippen molar-refractivity contribution in [3.63, 3.8) is 0 Å². The molecule has 2 aliphatic heterocycles. The Balaban J connectivity index is 0.000000215. The Hall–Kier alpha value is -8.29. The maximum Gasteiger partial charge on any atom is 0.519 e. The van der Waals surface area contributed by atoms with Gasteiger partial charge in [0.2, 0.25) is 11.4 Å². The molecule has 2 saturated carbocycles. The number of rotatable bonds is 8. The van der Waals surface area contributed by atoms with Gasteiger partial charge in [-0.15, -0.1) is 0 Å². The molecule has 0 saturated heterocycles. The van der Waals surface area contributed by atoms with Crippen LogP contribution in [0.25, 0.3) is 33.5 Å². The first kappa shape index (κ1) is 62.9. The molecule has 25 heteroatoms. The molecular formula is C57H58F4N8O11S2. The molecule has 82 heavy (non-hydrogen) atoms. The van der Waals surface area contributed by atoms with Crippen molar-refractivity contribution in [3.8, 4) is 0 Å². The standard InChI is InChI=1S/C26H24F2N4O4S.C21H16F2N4O2S.C10H18O5/c1-24(2,3)36-23(35)31-22-32-25(4,20-12-26(20,37-22)21(33)34)16-10-14(6-8-17(16)27)11-18(28)19-9-7-15(29-5)13-30-19;1-20(17-9-21(17,18(28)29)30-19(24)27-20)13-7-11(3-5-14(13)22)8-15(23)16-6-4-12(25-2)10-26-16;1-9(2,3)14-7(11)13-8(12)15-10(4,5)6/h6-11,13,20H,12H2,1-4H3,(H,33,34)(H,31,32,35);3-8,10,17H,9H2,1H3,(H2,24,27)(H,28,29);1-6H3/b18-11-;15-8-;/t20-,25+,26-;17-,20+,21-;/m00./s1. The molecule has 8 rings (SSSR count). The van der Waals surface area contributed by atoms with Crippen LogP contribution < -0.4 is 11.1 Å². The Morgan fingerprint density at radius 3 is 1.43 bits per heavy atom. The summed E-state index contributed by atoms with van der Waals surface area (Å²) >= 11 is 1.90. The van der Waals surface area contributed by atoms with Gasteiger partial charge in [-0.3, -0.25) is 34.9 Å². The predicted octanol–water partition coefficient (Wildman–Crippen LogP) is 13.2. The van der Waals surface area contributed by atoms with Gasteiger partial charge in [0.1, 0.15) is 49.6 Å². The molecule has 2 aromatic heterocycles. The van der Waals surface area contributed by atoms with Crippen LogP contribution >= 0.6 is 23.5 Å². The number of pyridine rings is 2. The third-order valence-corrected chi connectivity index (χ3v) is 15.3. The van der Waals surface area contributed by atoms with Gasteiger partial charge in [0, 0.05) is 35.4 Å². The average molecular weight is 1170 g/mol. The molecule has 4 heterocycles. The normalized spacial score (nSPS) is 23.5. The molecule has 2 fully saturated rings. The van der Waals surface area contributed by atoms with Crippen LogP contribution in [-0.2, 0) is 39.6 Å². The summed E-state index contributed by atoms with van der Waals surface area (Å²) in [6, 6.07) is 13.7. The number of fused-ring (bicyclic) bond motifs is 2. The van der Waals surface area contributed by atoms with Gasteiger partial charge >= 0.3 is 30.3 Å². The van der Waals surface area contributed by atoms with E-state index in [2.05, 4.69) is 39.7 Å². The number of halogens is 4. The topological polar surface area (TPSA) is 260 Å². The molecule has 4 aromatic rings. The minimum absolute atomic E-state index is 0.00326. The van der Waals surface area contributed by atoms with Gasteiger partial charge in [-0.2, -0.15) is 0 Å². The van der Waals surface area contributed by atoms with Crippen molar-refractivity contribution < 1.29 is 70.7 Å². The van der Waals surface area contributed by atoms with Gasteiger partial charge in [0.05, 0.1) is 35.6 Å². The third kappa shape index (κ3) is 15.0. The number of alkyl carbamates (subject to hydrolysis) is 1. The number of carbonyl (C=O) groups is 5. The van der Waals surface area contributed by atoms with E-state index >= 15 is 4.39 Å². The zero-order chi connectivity index (χ0) is 61.1. The summed E-state index contributed by atoms with van der Waals surface area (Å²) in [4.78, 5) is 81.6. The number of aromatic nitrogens is 2. The first-order chi connectivity index (χ1) is 38.0. The van der Waals surface area contributed by atoms with Crippen molar-refractivity contribution in [2.45, 2.75) is 126 Å². The lowest BCUT2D eigenvalue weighted by atomic mass is 9.84. The van der Waals surface area contributed by atoms with Gasteiger partial charge in [0.15, 0.2) is 10.3 Å². The Kier molecular flexibility index (Phi) is 18.1. The lowest BCUT2D eigenvalue weighted by molar-refractivity contribution is -0.138. The zero-order valence-electron chi connectivity index (χ0n) is 46.3. The Labute approximate surface area is 478 Å². The maximum absolute atomic E-state index is 15.2. The van der Waals surface area contributed by atoms with E-state index in [0.29, 0.717) is 23.2 Å². The van der Waals surface area contributed by atoms with Crippen molar-refractivity contribution in [1.82, 2.24) is 15.3 Å². The fourth-order valence-corrected chi connectivity index (χ4v) is 11.5. The van der Waals surface area contributed by atoms with E-state index < -0.39 is 103 Å². The minimum atomic E-state index is -1.35. The minimum Gasteiger partial charge on any atom is -0.480 e. The summed E-state index contributed by atoms with van der Waals surface area (Å²) < 4.78 is 76.1. The molecule has 2 aliphatic carbocycles. The molecule has 0 bridgehead atoms. The second kappa shape index (κ2) is 23.7. The Morgan fingerprint density at radius 1 is 0.659 bits per heavy atom. The van der Waals surface area contributed by atoms with Crippen molar-refractivity contribution in [1.29, 1.82) is 0 Å². The second-order valence-corrected chi connectivity index (χ2v) is 25.1. The molecule has 0 radical (unpaired) electrons. The maximum atomic E-state index is 15.2. The summed E-state index contributed by atoms with van der Waals surface area (Å²) in [5, 5.41) is 22.2. The van der Waals surface area contributed by atoms with Crippen molar-refractivity contribution in [2.75, 3.05) is 0 Å². The number of benzene rings is 2. The van der Waals surface area contributed by atoms with E-state index in [9.17, 15) is 47.4 Å². The average Bonchev–Trinajstić information content (AvgIpc) is 2.93. The van der Waals surface area contributed by atoms with E-state index in [1.165, 1.54) is 79.1 Å². The highest BCUT2D eigenvalue weighted by Gasteiger charge is 2.72. The van der Waals surface area contributed by atoms with Gasteiger partial charge < -0.3 is 34.9 Å². The largest absolute Gasteiger partial charge is 0.519 e. The van der Waals surface area contributed by atoms with Crippen LogP contribution in [0.3, 0.4) is 0 Å². The predicted molar refractivity (Wildman–Crippen MR) is 301 cm³/mol. The summed E-state index contributed by atoms with van der Waals surface area (Å²) in [6.07, 6.45) is 2.49. The fourth-order valence-electron chi connectivity index (χ4n) is 8.80. The lowest BCUT2D eigenvalue weighted by Gasteiger charge is -2.34. The van der Waals surface area contributed by atoms with E-state index in [-0.39, 0.29) is 45.0 Å². The van der Waals surface area contributed by atoms with Crippen LogP contribution in [0, 0.1) is 36.6 Å². The number of carboxylic acid groups (broad SMARTS) is 2. The number of nitrogens with zero attached hydrogens (tertiary/aromatic N) is 6. The Morgan fingerprint density at radius 2 is 1.06 bits per heavy atom. The Bertz CT molecular complexity index is 3390. The van der Waals surface area contributed by atoms with Crippen LogP contribution in [0.5, 0.6) is 0 Å². The quantitative estimate of drug-likeness (QED) is 0.0420. The number of nitrogens with two attached hydrogens (primary N) is 1. The van der Waals surface area contributed by atoms with Crippen LogP contribution in [0.2, 0.25) is 0 Å². The molecule has 4 aliphatic rings. The van der Waals surface area contributed by atoms with E-state index in [1.54, 1.807) is 76.2 Å². The first-order valence-electron chi connectivity index (χ1n) is 24.9. The number of amides is 1. The SMILES string of the molecule is CC(C)(C)OC(=O)OC(=O)OC(C)(C)C.[C-]#[N+]c1ccc(/C(F)=C/c2ccc(F)c([C@@]3(C)N=C(N)S[C@@]4(C(=O)O)C[C@H]43)c2)nc1.[C-]#[N+]c1ccc(/C(F)=C/c2ccc(F)c([C@@]3(C)N=C(NC(=O)OC(C)(C)C)S[C@@]4(C(=O)O)C[C@H]43)c2)nc1. The highest BCUT2D eigenvalue weighted by molar-refractivity contribution is 8.16. The summed E-state index contributed by atoms with van der Waals surface area (Å²) in [6.45, 7) is 32.2. The van der Waals surface area contributed by atoms with Gasteiger partial charge in [-0.05, 0) is 149 Å². The molecule has 6 atom stereocenters. The third-order valence-electron chi connectivity index (χ3n) is 12.6. The van der Waals surface area contributed by atoms with Crippen molar-refractivity contribution in [3.05, 3.63) is 141 Å². The molecule has 0 unspecified atom stereocenters. The van der Waals surface area contributed by atoms with Gasteiger partial charge in [0.25, 0.3) is 0 Å². The molecule has 1 amide bonds. The first-order valence-corrected chi connectivity index (χ1v) is 26.6. The molecule has 2 aromatic carbocycles. The van der Waals surface area contributed by atoms with E-state index in [4.69, 9.17) is 33.1 Å². The molecule has 19 nitrogen and oxygen atoms in total. The number of nitrogens with one attached hydrogen (secondary N) is 1. The van der Waals surface area contributed by atoms with Gasteiger partial charge in [-0.1, -0.05) is 47.8 Å². The van der Waals surface area contributed by atoms with E-state index in [1.807, 2.05) is 0 Å². The number of hydrogen-bond acceptors (Lipinski definition) is 16. The molecular weight excluding hydrogens is 1110 g/mol. The van der Waals surface area contributed by atoms with Crippen LogP contribution in [0.1, 0.15) is 123 Å². The molecule has 0 spiro atoms. The highest BCUT2D eigenvalue weighted by Crippen LogP contribution is 2.67. The number of carbonyl (C=O) groups excluding carboxylic acids is 3. The van der Waals surface area contributed by atoms with Crippen molar-refractivity contribution >= 4 is 99.4 Å². The number of aliphatic imine (C=N–C) groups is 2. The number of thioether (sulfide) groups is 2. The summed E-state index contributed by atoms with van der Waals surface area (Å²) in [7, 11) is 0.